The number of rotatable bonds is 5. The Labute approximate surface area is 162 Å². The van der Waals surface area contributed by atoms with E-state index in [1.807, 2.05) is 13.8 Å². The van der Waals surface area contributed by atoms with Crippen molar-refractivity contribution in [1.82, 2.24) is 15.1 Å². The standard InChI is InChI=1S/C18H24ClFN4O3/c1-11(2)16(21)17(26)22-10-15(25)23-5-7-24(8-6-23)18(27)13-4-3-12(19)9-14(13)20/h3-4,9,11,16H,5-8,10,21H2,1-2H3,(H,22,26)/t16-/m0/s1. The molecule has 27 heavy (non-hydrogen) atoms. The van der Waals surface area contributed by atoms with E-state index < -0.39 is 17.8 Å². The van der Waals surface area contributed by atoms with Gasteiger partial charge in [-0.1, -0.05) is 25.4 Å². The lowest BCUT2D eigenvalue weighted by molar-refractivity contribution is -0.134. The lowest BCUT2D eigenvalue weighted by Crippen LogP contribution is -2.53. The number of carbonyl (C=O) groups is 3. The van der Waals surface area contributed by atoms with Gasteiger partial charge in [0.05, 0.1) is 18.2 Å². The van der Waals surface area contributed by atoms with Crippen LogP contribution >= 0.6 is 11.6 Å². The van der Waals surface area contributed by atoms with Gasteiger partial charge in [0.15, 0.2) is 0 Å². The molecule has 0 aromatic heterocycles. The van der Waals surface area contributed by atoms with Crippen molar-refractivity contribution < 1.29 is 18.8 Å². The molecule has 0 unspecified atom stereocenters. The molecule has 1 atom stereocenters. The topological polar surface area (TPSA) is 95.7 Å². The first-order valence-electron chi connectivity index (χ1n) is 8.76. The summed E-state index contributed by atoms with van der Waals surface area (Å²) in [5, 5.41) is 2.76. The second kappa shape index (κ2) is 9.14. The maximum absolute atomic E-state index is 13.9. The molecule has 1 aliphatic rings. The van der Waals surface area contributed by atoms with E-state index in [0.717, 1.165) is 6.07 Å². The second-order valence-corrected chi connectivity index (χ2v) is 7.22. The van der Waals surface area contributed by atoms with Crippen molar-refractivity contribution in [1.29, 1.82) is 0 Å². The van der Waals surface area contributed by atoms with Crippen LogP contribution in [0.15, 0.2) is 18.2 Å². The van der Waals surface area contributed by atoms with Gasteiger partial charge in [-0.05, 0) is 24.1 Å². The highest BCUT2D eigenvalue weighted by Crippen LogP contribution is 2.17. The summed E-state index contributed by atoms with van der Waals surface area (Å²) in [7, 11) is 0. The first-order valence-corrected chi connectivity index (χ1v) is 9.14. The number of carbonyl (C=O) groups excluding carboxylic acids is 3. The number of nitrogens with zero attached hydrogens (tertiary/aromatic N) is 2. The molecule has 0 bridgehead atoms. The Balaban J connectivity index is 1.85. The number of hydrogen-bond acceptors (Lipinski definition) is 4. The maximum atomic E-state index is 13.9. The number of nitrogens with one attached hydrogen (secondary N) is 1. The molecular formula is C18H24ClFN4O3. The van der Waals surface area contributed by atoms with E-state index in [9.17, 15) is 18.8 Å². The van der Waals surface area contributed by atoms with Crippen molar-refractivity contribution in [2.45, 2.75) is 19.9 Å². The van der Waals surface area contributed by atoms with Crippen molar-refractivity contribution in [3.05, 3.63) is 34.6 Å². The van der Waals surface area contributed by atoms with Crippen molar-refractivity contribution in [2.75, 3.05) is 32.7 Å². The Bertz CT molecular complexity index is 721. The summed E-state index contributed by atoms with van der Waals surface area (Å²) in [4.78, 5) is 39.5. The molecule has 3 amide bonds. The zero-order chi connectivity index (χ0) is 20.1. The summed E-state index contributed by atoms with van der Waals surface area (Å²) in [6.07, 6.45) is 0. The van der Waals surface area contributed by atoms with Crippen LogP contribution < -0.4 is 11.1 Å². The van der Waals surface area contributed by atoms with E-state index in [4.69, 9.17) is 17.3 Å². The average Bonchev–Trinajstić information content (AvgIpc) is 2.64. The Kier molecular flexibility index (Phi) is 7.15. The normalized spacial score (nSPS) is 15.6. The predicted octanol–water partition coefficient (Wildman–Crippen LogP) is 0.863. The summed E-state index contributed by atoms with van der Waals surface area (Å²) in [6.45, 7) is 4.70. The van der Waals surface area contributed by atoms with Crippen molar-refractivity contribution in [2.24, 2.45) is 11.7 Å². The van der Waals surface area contributed by atoms with E-state index in [-0.39, 0.29) is 48.0 Å². The van der Waals surface area contributed by atoms with Gasteiger partial charge in [0.25, 0.3) is 5.91 Å². The molecule has 1 heterocycles. The molecule has 3 N–H and O–H groups in total. The van der Waals surface area contributed by atoms with Gasteiger partial charge in [-0.2, -0.15) is 0 Å². The summed E-state index contributed by atoms with van der Waals surface area (Å²) >= 11 is 5.70. The van der Waals surface area contributed by atoms with Crippen molar-refractivity contribution in [3.63, 3.8) is 0 Å². The zero-order valence-corrected chi connectivity index (χ0v) is 16.1. The zero-order valence-electron chi connectivity index (χ0n) is 15.4. The molecule has 1 fully saturated rings. The number of halogens is 2. The molecule has 9 heteroatoms. The molecular weight excluding hydrogens is 375 g/mol. The highest BCUT2D eigenvalue weighted by Gasteiger charge is 2.27. The summed E-state index contributed by atoms with van der Waals surface area (Å²) in [5.74, 6) is -1.75. The highest BCUT2D eigenvalue weighted by atomic mass is 35.5. The van der Waals surface area contributed by atoms with E-state index in [0.29, 0.717) is 13.1 Å². The summed E-state index contributed by atoms with van der Waals surface area (Å²) in [5.41, 5.74) is 5.69. The molecule has 0 radical (unpaired) electrons. The third-order valence-electron chi connectivity index (χ3n) is 4.52. The lowest BCUT2D eigenvalue weighted by atomic mass is 10.1. The third-order valence-corrected chi connectivity index (χ3v) is 4.75. The first kappa shape index (κ1) is 21.1. The molecule has 0 spiro atoms. The van der Waals surface area contributed by atoms with Crippen molar-refractivity contribution >= 4 is 29.3 Å². The van der Waals surface area contributed by atoms with Crippen LogP contribution in [0.5, 0.6) is 0 Å². The number of nitrogens with two attached hydrogens (primary N) is 1. The molecule has 1 aromatic carbocycles. The van der Waals surface area contributed by atoms with E-state index >= 15 is 0 Å². The van der Waals surface area contributed by atoms with E-state index in [1.165, 1.54) is 17.0 Å². The molecule has 148 valence electrons. The minimum atomic E-state index is -0.671. The van der Waals surface area contributed by atoms with Crippen LogP contribution in [-0.2, 0) is 9.59 Å². The Hall–Kier alpha value is -2.19. The highest BCUT2D eigenvalue weighted by molar-refractivity contribution is 6.30. The predicted molar refractivity (Wildman–Crippen MR) is 99.7 cm³/mol. The molecule has 0 aliphatic carbocycles. The van der Waals surface area contributed by atoms with Gasteiger partial charge in [0.2, 0.25) is 11.8 Å². The molecule has 1 aromatic rings. The molecule has 1 saturated heterocycles. The van der Waals surface area contributed by atoms with Crippen LogP contribution in [0.2, 0.25) is 5.02 Å². The maximum Gasteiger partial charge on any atom is 0.256 e. The third kappa shape index (κ3) is 5.40. The fourth-order valence-electron chi connectivity index (χ4n) is 2.69. The number of amides is 3. The van der Waals surface area contributed by atoms with Crippen LogP contribution in [0, 0.1) is 11.7 Å². The van der Waals surface area contributed by atoms with Crippen LogP contribution in [0.4, 0.5) is 4.39 Å². The van der Waals surface area contributed by atoms with Crippen LogP contribution in [0.1, 0.15) is 24.2 Å². The smallest absolute Gasteiger partial charge is 0.256 e. The fourth-order valence-corrected chi connectivity index (χ4v) is 2.85. The fraction of sp³-hybridized carbons (Fsp3) is 0.500. The minimum absolute atomic E-state index is 0.0251. The minimum Gasteiger partial charge on any atom is -0.346 e. The van der Waals surface area contributed by atoms with Crippen LogP contribution in [-0.4, -0.2) is 66.3 Å². The van der Waals surface area contributed by atoms with Crippen molar-refractivity contribution in [3.8, 4) is 0 Å². The molecule has 7 nitrogen and oxygen atoms in total. The average molecular weight is 399 g/mol. The summed E-state index contributed by atoms with van der Waals surface area (Å²) < 4.78 is 13.9. The molecule has 1 aliphatic heterocycles. The molecule has 0 saturated carbocycles. The monoisotopic (exact) mass is 398 g/mol. The van der Waals surface area contributed by atoms with Gasteiger partial charge in [0, 0.05) is 31.2 Å². The largest absolute Gasteiger partial charge is 0.346 e. The number of piperazine rings is 1. The van der Waals surface area contributed by atoms with Gasteiger partial charge in [0.1, 0.15) is 5.82 Å². The van der Waals surface area contributed by atoms with Gasteiger partial charge >= 0.3 is 0 Å². The first-order chi connectivity index (χ1) is 12.7. The number of hydrogen-bond donors (Lipinski definition) is 2. The number of benzene rings is 1. The quantitative estimate of drug-likeness (QED) is 0.769. The molecule has 2 rings (SSSR count). The summed E-state index contributed by atoms with van der Waals surface area (Å²) in [6, 6.07) is 3.24. The van der Waals surface area contributed by atoms with E-state index in [1.54, 1.807) is 4.90 Å². The Morgan fingerprint density at radius 3 is 2.33 bits per heavy atom. The van der Waals surface area contributed by atoms with Gasteiger partial charge in [-0.3, -0.25) is 14.4 Å². The Morgan fingerprint density at radius 1 is 1.19 bits per heavy atom. The Morgan fingerprint density at radius 2 is 1.78 bits per heavy atom. The van der Waals surface area contributed by atoms with Gasteiger partial charge < -0.3 is 20.9 Å². The lowest BCUT2D eigenvalue weighted by Gasteiger charge is -2.35. The van der Waals surface area contributed by atoms with Gasteiger partial charge in [-0.25, -0.2) is 4.39 Å². The van der Waals surface area contributed by atoms with Gasteiger partial charge in [-0.15, -0.1) is 0 Å². The van der Waals surface area contributed by atoms with Crippen LogP contribution in [0.25, 0.3) is 0 Å². The van der Waals surface area contributed by atoms with E-state index in [2.05, 4.69) is 5.32 Å². The van der Waals surface area contributed by atoms with Crippen LogP contribution in [0.3, 0.4) is 0 Å². The SMILES string of the molecule is CC(C)[C@H](N)C(=O)NCC(=O)N1CCN(C(=O)c2ccc(Cl)cc2F)CC1. The second-order valence-electron chi connectivity index (χ2n) is 6.78.